The van der Waals surface area contributed by atoms with Gasteiger partial charge in [-0.05, 0) is 31.5 Å². The summed E-state index contributed by atoms with van der Waals surface area (Å²) in [5.74, 6) is 0.497. The maximum atomic E-state index is 11.6. The van der Waals surface area contributed by atoms with E-state index in [4.69, 9.17) is 14.2 Å². The van der Waals surface area contributed by atoms with Crippen molar-refractivity contribution in [3.63, 3.8) is 0 Å². The standard InChI is InChI=1S/C13H16O4/c1-8(2)16-13(14)12-11(17-12)9-4-6-10(15-3)7-5-9/h4-8,11-12H,1-3H3/t11-,12-/m1/s1. The summed E-state index contributed by atoms with van der Waals surface area (Å²) in [5.41, 5.74) is 0.969. The van der Waals surface area contributed by atoms with Crippen molar-refractivity contribution in [2.45, 2.75) is 32.2 Å². The van der Waals surface area contributed by atoms with Crippen LogP contribution >= 0.6 is 0 Å². The van der Waals surface area contributed by atoms with Crippen LogP contribution in [-0.2, 0) is 14.3 Å². The molecule has 92 valence electrons. The van der Waals surface area contributed by atoms with E-state index in [0.29, 0.717) is 0 Å². The van der Waals surface area contributed by atoms with Gasteiger partial charge in [-0.3, -0.25) is 0 Å². The van der Waals surface area contributed by atoms with E-state index >= 15 is 0 Å². The number of carbonyl (C=O) groups is 1. The topological polar surface area (TPSA) is 48.1 Å². The van der Waals surface area contributed by atoms with Crippen molar-refractivity contribution in [1.29, 1.82) is 0 Å². The van der Waals surface area contributed by atoms with Crippen LogP contribution in [0.25, 0.3) is 0 Å². The minimum absolute atomic E-state index is 0.108. The van der Waals surface area contributed by atoms with Gasteiger partial charge in [0.1, 0.15) is 11.9 Å². The molecule has 2 atom stereocenters. The van der Waals surface area contributed by atoms with E-state index in [1.807, 2.05) is 38.1 Å². The molecule has 2 rings (SSSR count). The van der Waals surface area contributed by atoms with Gasteiger partial charge in [0.2, 0.25) is 0 Å². The van der Waals surface area contributed by atoms with Crippen LogP contribution < -0.4 is 4.74 Å². The molecule has 0 aliphatic carbocycles. The zero-order chi connectivity index (χ0) is 12.4. The van der Waals surface area contributed by atoms with Gasteiger partial charge in [0.15, 0.2) is 6.10 Å². The average molecular weight is 236 g/mol. The molecule has 1 aromatic rings. The third-order valence-corrected chi connectivity index (χ3v) is 2.52. The quantitative estimate of drug-likeness (QED) is 0.593. The molecule has 1 saturated heterocycles. The summed E-state index contributed by atoms with van der Waals surface area (Å²) in [7, 11) is 1.62. The maximum Gasteiger partial charge on any atom is 0.338 e. The lowest BCUT2D eigenvalue weighted by Crippen LogP contribution is -2.17. The Bertz CT molecular complexity index is 396. The summed E-state index contributed by atoms with van der Waals surface area (Å²) >= 11 is 0. The largest absolute Gasteiger partial charge is 0.497 e. The van der Waals surface area contributed by atoms with Crippen molar-refractivity contribution in [1.82, 2.24) is 0 Å². The molecular formula is C13H16O4. The number of carbonyl (C=O) groups excluding carboxylic acids is 1. The molecule has 0 N–H and O–H groups in total. The number of rotatable bonds is 4. The molecule has 0 bridgehead atoms. The molecule has 17 heavy (non-hydrogen) atoms. The Kier molecular flexibility index (Phi) is 3.33. The monoisotopic (exact) mass is 236 g/mol. The number of epoxide rings is 1. The molecule has 1 fully saturated rings. The van der Waals surface area contributed by atoms with Crippen molar-refractivity contribution in [2.24, 2.45) is 0 Å². The maximum absolute atomic E-state index is 11.6. The fourth-order valence-corrected chi connectivity index (χ4v) is 1.64. The Labute approximate surface area is 100 Å². The van der Waals surface area contributed by atoms with Crippen molar-refractivity contribution < 1.29 is 19.0 Å². The molecule has 0 spiro atoms. The lowest BCUT2D eigenvalue weighted by atomic mass is 10.1. The van der Waals surface area contributed by atoms with Crippen LogP contribution in [0, 0.1) is 0 Å². The van der Waals surface area contributed by atoms with Gasteiger partial charge in [0.05, 0.1) is 13.2 Å². The van der Waals surface area contributed by atoms with Crippen LogP contribution in [0.3, 0.4) is 0 Å². The van der Waals surface area contributed by atoms with Crippen molar-refractivity contribution in [3.8, 4) is 5.75 Å². The normalized spacial score (nSPS) is 22.4. The summed E-state index contributed by atoms with van der Waals surface area (Å²) < 4.78 is 15.5. The van der Waals surface area contributed by atoms with E-state index in [2.05, 4.69) is 0 Å². The molecule has 0 aromatic heterocycles. The molecule has 0 unspecified atom stereocenters. The average Bonchev–Trinajstić information content (AvgIpc) is 3.08. The van der Waals surface area contributed by atoms with E-state index in [-0.39, 0.29) is 18.2 Å². The van der Waals surface area contributed by atoms with Gasteiger partial charge in [-0.2, -0.15) is 0 Å². The number of hydrogen-bond donors (Lipinski definition) is 0. The number of ether oxygens (including phenoxy) is 3. The molecule has 1 heterocycles. The van der Waals surface area contributed by atoms with Crippen molar-refractivity contribution >= 4 is 5.97 Å². The highest BCUT2D eigenvalue weighted by molar-refractivity contribution is 5.78. The first-order chi connectivity index (χ1) is 8.11. The molecule has 0 radical (unpaired) electrons. The van der Waals surface area contributed by atoms with Crippen molar-refractivity contribution in [3.05, 3.63) is 29.8 Å². The number of esters is 1. The first-order valence-corrected chi connectivity index (χ1v) is 5.61. The molecule has 1 aliphatic rings. The zero-order valence-corrected chi connectivity index (χ0v) is 10.2. The highest BCUT2D eigenvalue weighted by Crippen LogP contribution is 2.40. The fraction of sp³-hybridized carbons (Fsp3) is 0.462. The summed E-state index contributed by atoms with van der Waals surface area (Å²) in [6, 6.07) is 7.49. The zero-order valence-electron chi connectivity index (χ0n) is 10.2. The third kappa shape index (κ3) is 2.77. The van der Waals surface area contributed by atoms with E-state index in [1.165, 1.54) is 0 Å². The molecule has 1 aliphatic heterocycles. The van der Waals surface area contributed by atoms with Gasteiger partial charge in [-0.1, -0.05) is 12.1 Å². The minimum Gasteiger partial charge on any atom is -0.497 e. The smallest absolute Gasteiger partial charge is 0.338 e. The Morgan fingerprint density at radius 3 is 2.47 bits per heavy atom. The lowest BCUT2D eigenvalue weighted by Gasteiger charge is -2.05. The molecule has 1 aromatic carbocycles. The number of hydrogen-bond acceptors (Lipinski definition) is 4. The van der Waals surface area contributed by atoms with Gasteiger partial charge in [-0.15, -0.1) is 0 Å². The lowest BCUT2D eigenvalue weighted by molar-refractivity contribution is -0.148. The van der Waals surface area contributed by atoms with Gasteiger partial charge >= 0.3 is 5.97 Å². The number of benzene rings is 1. The molecule has 0 amide bonds. The third-order valence-electron chi connectivity index (χ3n) is 2.52. The van der Waals surface area contributed by atoms with Gasteiger partial charge in [0.25, 0.3) is 0 Å². The van der Waals surface area contributed by atoms with E-state index < -0.39 is 6.10 Å². The van der Waals surface area contributed by atoms with Crippen LogP contribution in [0.15, 0.2) is 24.3 Å². The van der Waals surface area contributed by atoms with Crippen LogP contribution in [0.4, 0.5) is 0 Å². The van der Waals surface area contributed by atoms with Crippen LogP contribution in [-0.4, -0.2) is 25.3 Å². The summed E-state index contributed by atoms with van der Waals surface area (Å²) in [4.78, 5) is 11.6. The first kappa shape index (κ1) is 11.9. The first-order valence-electron chi connectivity index (χ1n) is 5.61. The van der Waals surface area contributed by atoms with E-state index in [1.54, 1.807) is 7.11 Å². The molecule has 0 saturated carbocycles. The van der Waals surface area contributed by atoms with Crippen LogP contribution in [0.2, 0.25) is 0 Å². The van der Waals surface area contributed by atoms with Gasteiger partial charge in [0, 0.05) is 0 Å². The highest BCUT2D eigenvalue weighted by Gasteiger charge is 2.47. The van der Waals surface area contributed by atoms with Crippen LogP contribution in [0.1, 0.15) is 25.5 Å². The minimum atomic E-state index is -0.453. The highest BCUT2D eigenvalue weighted by atomic mass is 16.6. The molecule has 4 heteroatoms. The van der Waals surface area contributed by atoms with Crippen LogP contribution in [0.5, 0.6) is 5.75 Å². The van der Waals surface area contributed by atoms with E-state index in [9.17, 15) is 4.79 Å². The Morgan fingerprint density at radius 1 is 1.29 bits per heavy atom. The second-order valence-corrected chi connectivity index (χ2v) is 4.24. The predicted octanol–water partition coefficient (Wildman–Crippen LogP) is 2.09. The second kappa shape index (κ2) is 4.75. The van der Waals surface area contributed by atoms with Gasteiger partial charge < -0.3 is 14.2 Å². The summed E-state index contributed by atoms with van der Waals surface area (Å²) in [5, 5.41) is 0. The predicted molar refractivity (Wildman–Crippen MR) is 61.8 cm³/mol. The van der Waals surface area contributed by atoms with Crippen molar-refractivity contribution in [2.75, 3.05) is 7.11 Å². The van der Waals surface area contributed by atoms with Gasteiger partial charge in [-0.25, -0.2) is 4.79 Å². The molecule has 4 nitrogen and oxygen atoms in total. The Hall–Kier alpha value is -1.55. The SMILES string of the molecule is COc1ccc([C@H]2O[C@H]2C(=O)OC(C)C)cc1. The molecular weight excluding hydrogens is 220 g/mol. The number of methoxy groups -OCH3 is 1. The Morgan fingerprint density at radius 2 is 1.94 bits per heavy atom. The Balaban J connectivity index is 1.95. The summed E-state index contributed by atoms with van der Waals surface area (Å²) in [6.45, 7) is 3.64. The second-order valence-electron chi connectivity index (χ2n) is 4.24. The van der Waals surface area contributed by atoms with E-state index in [0.717, 1.165) is 11.3 Å². The fourth-order valence-electron chi connectivity index (χ4n) is 1.64. The summed E-state index contributed by atoms with van der Waals surface area (Å²) in [6.07, 6.45) is -0.735.